The standard InChI is InChI=1S/C23H29N5O2.HI/c1-3-24-23(25-11-10-18-17(2)26-20-8-5-4-7-19(18)20)28-14-12-27(13-15-28)22(29)21-9-6-16-30-21;/h4-9,16,26H,3,10-15H2,1-2H3,(H,24,25);1H. The number of para-hydroxylation sites is 1. The number of nitrogens with zero attached hydrogens (tertiary/aromatic N) is 3. The molecule has 1 aliphatic heterocycles. The Balaban J connectivity index is 0.00000272. The molecule has 3 heterocycles. The average Bonchev–Trinajstić information content (AvgIpc) is 3.41. The van der Waals surface area contributed by atoms with Crippen LogP contribution in [0.1, 0.15) is 28.7 Å². The smallest absolute Gasteiger partial charge is 0.289 e. The number of guanidine groups is 1. The van der Waals surface area contributed by atoms with E-state index in [1.54, 1.807) is 12.1 Å². The van der Waals surface area contributed by atoms with Gasteiger partial charge in [0.05, 0.1) is 6.26 Å². The molecule has 0 radical (unpaired) electrons. The molecule has 1 amide bonds. The number of furan rings is 1. The molecule has 166 valence electrons. The monoisotopic (exact) mass is 535 g/mol. The fourth-order valence-corrected chi connectivity index (χ4v) is 4.03. The summed E-state index contributed by atoms with van der Waals surface area (Å²) in [6.07, 6.45) is 2.43. The van der Waals surface area contributed by atoms with Gasteiger partial charge in [-0.1, -0.05) is 18.2 Å². The van der Waals surface area contributed by atoms with Crippen LogP contribution >= 0.6 is 24.0 Å². The number of piperazine rings is 1. The van der Waals surface area contributed by atoms with Crippen molar-refractivity contribution in [2.45, 2.75) is 20.3 Å². The van der Waals surface area contributed by atoms with Crippen molar-refractivity contribution in [2.75, 3.05) is 39.3 Å². The van der Waals surface area contributed by atoms with Crippen molar-refractivity contribution in [1.82, 2.24) is 20.1 Å². The highest BCUT2D eigenvalue weighted by Crippen LogP contribution is 2.22. The van der Waals surface area contributed by atoms with Crippen molar-refractivity contribution in [2.24, 2.45) is 4.99 Å². The van der Waals surface area contributed by atoms with Gasteiger partial charge in [-0.3, -0.25) is 9.79 Å². The van der Waals surface area contributed by atoms with Crippen molar-refractivity contribution in [3.8, 4) is 0 Å². The molecule has 0 atom stereocenters. The number of hydrogen-bond acceptors (Lipinski definition) is 3. The summed E-state index contributed by atoms with van der Waals surface area (Å²) >= 11 is 0. The molecule has 2 N–H and O–H groups in total. The zero-order valence-electron chi connectivity index (χ0n) is 18.1. The Morgan fingerprint density at radius 3 is 2.58 bits per heavy atom. The third-order valence-electron chi connectivity index (χ3n) is 5.58. The first-order valence-electron chi connectivity index (χ1n) is 10.6. The number of fused-ring (bicyclic) bond motifs is 1. The number of nitrogens with one attached hydrogen (secondary N) is 2. The number of halogens is 1. The third-order valence-corrected chi connectivity index (χ3v) is 5.58. The average molecular weight is 535 g/mol. The summed E-state index contributed by atoms with van der Waals surface area (Å²) in [5, 5.41) is 4.68. The molecule has 1 aliphatic rings. The molecule has 4 rings (SSSR count). The van der Waals surface area contributed by atoms with Crippen LogP contribution in [-0.2, 0) is 6.42 Å². The zero-order valence-corrected chi connectivity index (χ0v) is 20.4. The maximum atomic E-state index is 12.5. The fourth-order valence-electron chi connectivity index (χ4n) is 4.03. The number of aliphatic imine (C=N–C) groups is 1. The largest absolute Gasteiger partial charge is 0.459 e. The summed E-state index contributed by atoms with van der Waals surface area (Å²) in [4.78, 5) is 24.9. The lowest BCUT2D eigenvalue weighted by Gasteiger charge is -2.36. The maximum Gasteiger partial charge on any atom is 0.289 e. The van der Waals surface area contributed by atoms with E-state index < -0.39 is 0 Å². The zero-order chi connectivity index (χ0) is 20.9. The van der Waals surface area contributed by atoms with E-state index in [2.05, 4.69) is 53.3 Å². The fraction of sp³-hybridized carbons (Fsp3) is 0.391. The predicted octanol–water partition coefficient (Wildman–Crippen LogP) is 3.65. The number of H-pyrrole nitrogens is 1. The summed E-state index contributed by atoms with van der Waals surface area (Å²) in [6.45, 7) is 8.56. The number of rotatable bonds is 5. The minimum absolute atomic E-state index is 0. The number of aromatic amines is 1. The summed E-state index contributed by atoms with van der Waals surface area (Å²) in [7, 11) is 0. The Morgan fingerprint density at radius 2 is 1.87 bits per heavy atom. The first-order chi connectivity index (χ1) is 14.7. The second kappa shape index (κ2) is 10.7. The van der Waals surface area contributed by atoms with Gasteiger partial charge in [0.25, 0.3) is 5.91 Å². The van der Waals surface area contributed by atoms with Crippen LogP contribution in [0.2, 0.25) is 0 Å². The Bertz CT molecular complexity index is 1020. The molecule has 1 fully saturated rings. The van der Waals surface area contributed by atoms with Gasteiger partial charge in [-0.2, -0.15) is 0 Å². The summed E-state index contributed by atoms with van der Waals surface area (Å²) in [5.41, 5.74) is 3.72. The van der Waals surface area contributed by atoms with E-state index in [-0.39, 0.29) is 29.9 Å². The van der Waals surface area contributed by atoms with Gasteiger partial charge in [-0.15, -0.1) is 24.0 Å². The molecular weight excluding hydrogens is 505 g/mol. The van der Waals surface area contributed by atoms with Crippen molar-refractivity contribution in [3.05, 3.63) is 59.7 Å². The molecule has 31 heavy (non-hydrogen) atoms. The Morgan fingerprint density at radius 1 is 1.13 bits per heavy atom. The number of benzene rings is 1. The Kier molecular flexibility index (Phi) is 8.00. The van der Waals surface area contributed by atoms with Crippen molar-refractivity contribution in [1.29, 1.82) is 0 Å². The van der Waals surface area contributed by atoms with Gasteiger partial charge in [0, 0.05) is 55.9 Å². The second-order valence-corrected chi connectivity index (χ2v) is 7.52. The molecular formula is C23H30IN5O2. The van der Waals surface area contributed by atoms with Gasteiger partial charge >= 0.3 is 0 Å². The molecule has 1 aromatic carbocycles. The van der Waals surface area contributed by atoms with E-state index in [0.29, 0.717) is 18.8 Å². The SMILES string of the molecule is CCNC(=NCCc1c(C)[nH]c2ccccc12)N1CCN(C(=O)c2ccco2)CC1.I. The summed E-state index contributed by atoms with van der Waals surface area (Å²) in [5.74, 6) is 1.27. The molecule has 2 aromatic heterocycles. The topological polar surface area (TPSA) is 76.9 Å². The molecule has 3 aromatic rings. The molecule has 0 unspecified atom stereocenters. The Hall–Kier alpha value is -2.49. The van der Waals surface area contributed by atoms with Crippen LogP contribution in [0.3, 0.4) is 0 Å². The van der Waals surface area contributed by atoms with Gasteiger partial charge in [-0.05, 0) is 44.0 Å². The number of amides is 1. The van der Waals surface area contributed by atoms with Crippen LogP contribution < -0.4 is 5.32 Å². The molecule has 0 aliphatic carbocycles. The lowest BCUT2D eigenvalue weighted by molar-refractivity contribution is 0.0657. The van der Waals surface area contributed by atoms with Crippen LogP contribution in [0.4, 0.5) is 0 Å². The first kappa shape index (κ1) is 23.2. The number of hydrogen-bond donors (Lipinski definition) is 2. The summed E-state index contributed by atoms with van der Waals surface area (Å²) in [6, 6.07) is 11.9. The molecule has 7 nitrogen and oxygen atoms in total. The normalized spacial score (nSPS) is 14.6. The van der Waals surface area contributed by atoms with Crippen LogP contribution in [0.15, 0.2) is 52.1 Å². The lowest BCUT2D eigenvalue weighted by Crippen LogP contribution is -2.53. The quantitative estimate of drug-likeness (QED) is 0.297. The van der Waals surface area contributed by atoms with E-state index >= 15 is 0 Å². The van der Waals surface area contributed by atoms with Crippen LogP contribution in [-0.4, -0.2) is 65.9 Å². The minimum Gasteiger partial charge on any atom is -0.459 e. The van der Waals surface area contributed by atoms with Gasteiger partial charge in [0.2, 0.25) is 0 Å². The minimum atomic E-state index is -0.0450. The van der Waals surface area contributed by atoms with E-state index in [1.165, 1.54) is 28.4 Å². The first-order valence-corrected chi connectivity index (χ1v) is 10.6. The maximum absolute atomic E-state index is 12.5. The van der Waals surface area contributed by atoms with E-state index in [4.69, 9.17) is 9.41 Å². The Labute approximate surface area is 199 Å². The van der Waals surface area contributed by atoms with Crippen molar-refractivity contribution >= 4 is 46.7 Å². The highest BCUT2D eigenvalue weighted by atomic mass is 127. The van der Waals surface area contributed by atoms with Gasteiger partial charge in [0.15, 0.2) is 11.7 Å². The van der Waals surface area contributed by atoms with Gasteiger partial charge < -0.3 is 24.5 Å². The highest BCUT2D eigenvalue weighted by molar-refractivity contribution is 14.0. The number of aryl methyl sites for hydroxylation is 1. The molecule has 1 saturated heterocycles. The molecule has 0 spiro atoms. The predicted molar refractivity (Wildman–Crippen MR) is 134 cm³/mol. The molecule has 0 saturated carbocycles. The lowest BCUT2D eigenvalue weighted by atomic mass is 10.1. The van der Waals surface area contributed by atoms with Crippen molar-refractivity contribution < 1.29 is 9.21 Å². The number of carbonyl (C=O) groups is 1. The van der Waals surface area contributed by atoms with Crippen LogP contribution in [0.25, 0.3) is 10.9 Å². The van der Waals surface area contributed by atoms with E-state index in [0.717, 1.165) is 38.6 Å². The van der Waals surface area contributed by atoms with Gasteiger partial charge in [-0.25, -0.2) is 0 Å². The molecule has 0 bridgehead atoms. The van der Waals surface area contributed by atoms with Gasteiger partial charge in [0.1, 0.15) is 0 Å². The highest BCUT2D eigenvalue weighted by Gasteiger charge is 2.25. The van der Waals surface area contributed by atoms with E-state index in [9.17, 15) is 4.79 Å². The molecule has 8 heteroatoms. The van der Waals surface area contributed by atoms with E-state index in [1.807, 2.05) is 4.90 Å². The van der Waals surface area contributed by atoms with Crippen LogP contribution in [0, 0.1) is 6.92 Å². The number of aromatic nitrogens is 1. The second-order valence-electron chi connectivity index (χ2n) is 7.52. The van der Waals surface area contributed by atoms with Crippen molar-refractivity contribution in [3.63, 3.8) is 0 Å². The van der Waals surface area contributed by atoms with Crippen LogP contribution in [0.5, 0.6) is 0 Å². The number of carbonyl (C=O) groups excluding carboxylic acids is 1. The summed E-state index contributed by atoms with van der Waals surface area (Å²) < 4.78 is 5.25. The third kappa shape index (κ3) is 5.23.